The molecule has 37 nitrogen and oxygen atoms in total. The zero-order valence-corrected chi connectivity index (χ0v) is 86.5. The number of hydrogen-bond acceptors (Lipinski definition) is 26. The van der Waals surface area contributed by atoms with Crippen molar-refractivity contribution in [2.24, 2.45) is 0 Å². The number of piperazine rings is 5. The topological polar surface area (TPSA) is 477 Å². The number of aromatic hydroxyl groups is 1. The Labute approximate surface area is 868 Å². The standard InChI is InChI=1S/C21H22FN3O4.C18H14FN3O3.C16H21FN2O3.C11H13FN2O.C10H11NO4.C9H16N2O3.C8H9Br.C4H8N2O.C2HF3O2.CH3O.Na/c1-14(2)29-21(28)19-17(4-3-9-23-19)20(27)25-11-10-24(18(26)13-25)12-15-5-7-16(22)8-6-15;19-12-5-3-11(4-6-12)10-21-8-9-22-15(18(21)25)16(23)14-13(17(22)24)2-1-7-20-14;1-16(2,3)22-15(21)19-9-8-18(14(20)11-19)10-12-4-6-13(17)7-5-12;12-10-3-1-9(2-4-10)8-14-6-5-13-7-11(14)15;1-6(2)15-10(14)8-7(9(12)13)4-3-5-11-8;1-9(2,3)14-8(13)11-5-4-10-7(12)6-11;1-7-2-4-8(6-9)5-3-7;7-4-3-5-1-2-6-4;3-2(4,5)1(6)7;1-2;/h3-9,14H,10-13H2,1-2H3;1-7,23H,8-10H2;4-7H,8-11H2,1-3H3;1-4,13H,5-8H2;3-6H,1-2H3,(H,12,13);4-6H2,1-3H3,(H,10,12);2-5H,6H2,1H3;5H,1-3H2,(H,6,7);(H,6,7);1H3;/q;;;;;;;;;-1;+1/p-1. The summed E-state index contributed by atoms with van der Waals surface area (Å²) in [4.78, 5) is 185. The number of nitrogens with zero attached hydrogens (tertiary/aromatic N) is 11. The van der Waals surface area contributed by atoms with Crippen molar-refractivity contribution < 1.29 is 162 Å². The molecule has 46 heteroatoms. The zero-order chi connectivity index (χ0) is 108. The number of carboxylic acids is 2. The number of carbonyl (C=O) groups excluding carboxylic acids is 12. The third-order valence-corrected chi connectivity index (χ3v) is 20.9. The molecule has 0 aliphatic carbocycles. The Morgan fingerprint density at radius 3 is 1.25 bits per heavy atom. The van der Waals surface area contributed by atoms with Gasteiger partial charge in [0, 0.05) is 129 Å². The smallest absolute Gasteiger partial charge is 0.857 e. The molecule has 146 heavy (non-hydrogen) atoms. The molecule has 0 bridgehead atoms. The average Bonchev–Trinajstić information content (AvgIpc) is 0.745. The molecule has 5 aromatic carbocycles. The second-order valence-corrected chi connectivity index (χ2v) is 35.3. The van der Waals surface area contributed by atoms with Crippen LogP contribution in [0.5, 0.6) is 5.75 Å². The number of esters is 2. The first-order valence-electron chi connectivity index (χ1n) is 45.3. The molecule has 0 atom stereocenters. The number of hydrogen-bond donors (Lipinski definition) is 6. The van der Waals surface area contributed by atoms with E-state index in [1.54, 1.807) is 151 Å². The third kappa shape index (κ3) is 42.1. The number of halogens is 8. The fraction of sp³-hybridized carbons (Fsp3) is 0.390. The van der Waals surface area contributed by atoms with Gasteiger partial charge in [-0.25, -0.2) is 51.5 Å². The van der Waals surface area contributed by atoms with Crippen LogP contribution >= 0.6 is 15.9 Å². The van der Waals surface area contributed by atoms with Crippen LogP contribution in [-0.4, -0.2) is 283 Å². The molecule has 782 valence electrons. The first kappa shape index (κ1) is 123. The fourth-order valence-electron chi connectivity index (χ4n) is 13.3. The summed E-state index contributed by atoms with van der Waals surface area (Å²) in [6.07, 6.45) is -2.51. The number of pyridine rings is 4. The number of carboxylic acid groups (broad SMARTS) is 2. The minimum absolute atomic E-state index is 0. The summed E-state index contributed by atoms with van der Waals surface area (Å²) in [5, 5.41) is 48.8. The van der Waals surface area contributed by atoms with Crippen LogP contribution in [0.25, 0.3) is 10.9 Å². The predicted octanol–water partition coefficient (Wildman–Crippen LogP) is 5.90. The van der Waals surface area contributed by atoms with Gasteiger partial charge in [0.1, 0.15) is 65.6 Å². The Morgan fingerprint density at radius 1 is 0.466 bits per heavy atom. The van der Waals surface area contributed by atoms with E-state index in [4.69, 9.17) is 39.1 Å². The van der Waals surface area contributed by atoms with E-state index in [1.807, 2.05) is 0 Å². The number of alkyl halides is 4. The Bertz CT molecular complexity index is 5920. The molecule has 10 heterocycles. The first-order chi connectivity index (χ1) is 68.5. The number of aliphatic carboxylic acids is 1. The van der Waals surface area contributed by atoms with Crippen molar-refractivity contribution in [3.05, 3.63) is 272 Å². The van der Waals surface area contributed by atoms with E-state index in [-0.39, 0.29) is 178 Å². The molecule has 4 aromatic heterocycles. The normalized spacial score (nSPS) is 14.3. The van der Waals surface area contributed by atoms with Crippen LogP contribution in [0.3, 0.4) is 0 Å². The average molecular weight is 2120 g/mol. The van der Waals surface area contributed by atoms with Gasteiger partial charge in [-0.1, -0.05) is 94.3 Å². The SMILES string of the molecule is CC(C)(C)OC(=O)N1CCN(Cc2ccc(F)cc2)C(=O)C1.CC(C)(C)OC(=O)N1CCNC(=O)C1.CC(C)OC(=O)c1ncccc1C(=O)N1CCN(Cc2ccc(F)cc2)C(=O)C1.CC(C)OC(=O)c1ncccc1C(=O)O.C[O-].Cc1ccc(CBr)cc1.O=C([O-])C(F)(F)F.O=C1CNCCN1.O=C1CNCCN1Cc1ccc(F)cc1.O=C1c2c(O)c3ncccc3c(=O)n2CCN1Cc1ccc(F)cc1.[Na+]. The van der Waals surface area contributed by atoms with Gasteiger partial charge in [-0.15, -0.1) is 0 Å². The van der Waals surface area contributed by atoms with Crippen LogP contribution in [0.2, 0.25) is 0 Å². The molecule has 5 saturated heterocycles. The van der Waals surface area contributed by atoms with E-state index in [0.717, 1.165) is 60.9 Å². The van der Waals surface area contributed by atoms with Crippen molar-refractivity contribution in [3.8, 4) is 5.75 Å². The first-order valence-corrected chi connectivity index (χ1v) is 46.5. The summed E-state index contributed by atoms with van der Waals surface area (Å²) in [6, 6.07) is 41.7. The number of fused-ring (bicyclic) bond motifs is 2. The van der Waals surface area contributed by atoms with Gasteiger partial charge in [-0.05, 0) is 189 Å². The summed E-state index contributed by atoms with van der Waals surface area (Å²) in [6.45, 7) is 28.5. The van der Waals surface area contributed by atoms with Crippen LogP contribution in [0.1, 0.15) is 155 Å². The van der Waals surface area contributed by atoms with Crippen molar-refractivity contribution >= 4 is 104 Å². The maximum atomic E-state index is 13.0. The van der Waals surface area contributed by atoms with Crippen molar-refractivity contribution in [1.82, 2.24) is 75.1 Å². The van der Waals surface area contributed by atoms with Gasteiger partial charge in [0.05, 0.1) is 41.8 Å². The van der Waals surface area contributed by atoms with Crippen LogP contribution in [-0.2, 0) is 85.8 Å². The summed E-state index contributed by atoms with van der Waals surface area (Å²) < 4.78 is 105. The van der Waals surface area contributed by atoms with Gasteiger partial charge in [0.2, 0.25) is 29.5 Å². The molecule has 0 unspecified atom stereocenters. The Morgan fingerprint density at radius 2 is 0.856 bits per heavy atom. The number of aryl methyl sites for hydroxylation is 1. The molecule has 0 spiro atoms. The Hall–Kier alpha value is -13.9. The molecular weight excluding hydrogens is 2000 g/mol. The fourth-order valence-corrected chi connectivity index (χ4v) is 13.7. The number of carbonyl (C=O) groups is 13. The quantitative estimate of drug-likeness (QED) is 0.0228. The van der Waals surface area contributed by atoms with Crippen molar-refractivity contribution in [3.63, 3.8) is 0 Å². The van der Waals surface area contributed by atoms with Crippen LogP contribution in [0.15, 0.2) is 181 Å². The van der Waals surface area contributed by atoms with Crippen molar-refractivity contribution in [2.45, 2.75) is 144 Å². The molecule has 0 saturated carbocycles. The van der Waals surface area contributed by atoms with Crippen LogP contribution in [0, 0.1) is 30.2 Å². The number of nitrogens with one attached hydrogen (secondary N) is 4. The molecule has 5 fully saturated rings. The van der Waals surface area contributed by atoms with E-state index in [1.165, 1.54) is 121 Å². The number of aromatic nitrogens is 4. The molecule has 6 N–H and O–H groups in total. The van der Waals surface area contributed by atoms with E-state index < -0.39 is 65.3 Å². The molecular formula is C100H117BrF7N15NaO22-. The summed E-state index contributed by atoms with van der Waals surface area (Å²) in [5.74, 6) is -8.29. The molecule has 6 aliphatic heterocycles. The van der Waals surface area contributed by atoms with Crippen LogP contribution in [0.4, 0.5) is 40.3 Å². The molecule has 15 rings (SSSR count). The van der Waals surface area contributed by atoms with Gasteiger partial charge in [-0.3, -0.25) is 57.7 Å². The monoisotopic (exact) mass is 2110 g/mol. The molecule has 0 radical (unpaired) electrons. The Balaban J connectivity index is 0.000000298. The van der Waals surface area contributed by atoms with Gasteiger partial charge in [-0.2, -0.15) is 20.3 Å². The third-order valence-electron chi connectivity index (χ3n) is 20.2. The number of rotatable bonds is 15. The minimum atomic E-state index is -5.19. The number of ether oxygens (including phenoxy) is 4. The minimum Gasteiger partial charge on any atom is -0.857 e. The number of benzene rings is 5. The van der Waals surface area contributed by atoms with Crippen LogP contribution < -0.4 is 66.6 Å². The van der Waals surface area contributed by atoms with Crippen molar-refractivity contribution in [1.29, 1.82) is 0 Å². The summed E-state index contributed by atoms with van der Waals surface area (Å²) >= 11 is 3.38. The maximum Gasteiger partial charge on any atom is 1.00 e. The maximum absolute atomic E-state index is 13.0. The predicted molar refractivity (Wildman–Crippen MR) is 515 cm³/mol. The Kier molecular flexibility index (Phi) is 50.5. The second-order valence-electron chi connectivity index (χ2n) is 34.7. The van der Waals surface area contributed by atoms with Crippen molar-refractivity contribution in [2.75, 3.05) is 112 Å². The van der Waals surface area contributed by atoms with Gasteiger partial charge in [0.25, 0.3) is 17.4 Å². The van der Waals surface area contributed by atoms with E-state index >= 15 is 0 Å². The van der Waals surface area contributed by atoms with Gasteiger partial charge in [0.15, 0.2) is 22.8 Å². The zero-order valence-electron chi connectivity index (χ0n) is 83.0. The number of aromatic carboxylic acids is 1. The molecule has 9 aromatic rings. The van der Waals surface area contributed by atoms with E-state index in [0.29, 0.717) is 78.5 Å². The van der Waals surface area contributed by atoms with E-state index in [2.05, 4.69) is 83.3 Å². The summed E-state index contributed by atoms with van der Waals surface area (Å²) in [7, 11) is 0.750. The molecule has 9 amide bonds. The largest absolute Gasteiger partial charge is 1.00 e. The second kappa shape index (κ2) is 60.2. The van der Waals surface area contributed by atoms with E-state index in [9.17, 15) is 98.2 Å². The molecule has 6 aliphatic rings. The van der Waals surface area contributed by atoms with Gasteiger partial charge >= 0.3 is 65.8 Å². The number of amides is 9. The summed E-state index contributed by atoms with van der Waals surface area (Å²) in [5.41, 5.74) is 4.43. The van der Waals surface area contributed by atoms with Gasteiger partial charge < -0.3 is 89.9 Å².